The van der Waals surface area contributed by atoms with E-state index < -0.39 is 0 Å². The lowest BCUT2D eigenvalue weighted by atomic mass is 9.84. The van der Waals surface area contributed by atoms with E-state index in [-0.39, 0.29) is 11.4 Å². The first-order chi connectivity index (χ1) is 13.2. The molecule has 3 fully saturated rings. The lowest BCUT2D eigenvalue weighted by molar-refractivity contribution is -0.133. The standard InChI is InChI=1S/C20H34N6O/c1-2-18(27)25-14-8-13-20(15-25,21-16-9-4-3-5-10-16)19-22-23-24-26(19)17-11-6-7-12-17/h16-17,21H,2-15H2,1H3/t20-/m0/s1. The monoisotopic (exact) mass is 374 g/mol. The Morgan fingerprint density at radius 3 is 2.59 bits per heavy atom. The first-order valence-electron chi connectivity index (χ1n) is 11.1. The second-order valence-electron chi connectivity index (χ2n) is 8.72. The Labute approximate surface area is 162 Å². The van der Waals surface area contributed by atoms with Crippen molar-refractivity contribution >= 4 is 5.91 Å². The minimum atomic E-state index is -0.308. The fourth-order valence-corrected chi connectivity index (χ4v) is 5.40. The van der Waals surface area contributed by atoms with Gasteiger partial charge in [0.1, 0.15) is 0 Å². The van der Waals surface area contributed by atoms with Gasteiger partial charge in [0.25, 0.3) is 0 Å². The van der Waals surface area contributed by atoms with E-state index >= 15 is 0 Å². The van der Waals surface area contributed by atoms with Gasteiger partial charge in [-0.05, 0) is 49.0 Å². The third-order valence-corrected chi connectivity index (χ3v) is 6.82. The van der Waals surface area contributed by atoms with E-state index in [1.165, 1.54) is 44.9 Å². The Bertz CT molecular complexity index is 634. The van der Waals surface area contributed by atoms with Crippen LogP contribution in [0.5, 0.6) is 0 Å². The van der Waals surface area contributed by atoms with Crippen molar-refractivity contribution in [2.24, 2.45) is 0 Å². The zero-order valence-corrected chi connectivity index (χ0v) is 16.7. The van der Waals surface area contributed by atoms with Gasteiger partial charge in [-0.1, -0.05) is 39.0 Å². The van der Waals surface area contributed by atoms with E-state index in [9.17, 15) is 4.79 Å². The summed E-state index contributed by atoms with van der Waals surface area (Å²) < 4.78 is 2.10. The van der Waals surface area contributed by atoms with Crippen LogP contribution in [0.1, 0.15) is 95.8 Å². The number of hydrogen-bond acceptors (Lipinski definition) is 5. The molecule has 0 bridgehead atoms. The van der Waals surface area contributed by atoms with Gasteiger partial charge in [0.05, 0.1) is 11.6 Å². The second-order valence-corrected chi connectivity index (χ2v) is 8.72. The van der Waals surface area contributed by atoms with Gasteiger partial charge in [0.15, 0.2) is 5.82 Å². The minimum Gasteiger partial charge on any atom is -0.340 e. The molecule has 0 radical (unpaired) electrons. The Balaban J connectivity index is 1.65. The molecule has 0 unspecified atom stereocenters. The molecule has 2 aliphatic carbocycles. The van der Waals surface area contributed by atoms with Crippen molar-refractivity contribution < 1.29 is 4.79 Å². The fourth-order valence-electron chi connectivity index (χ4n) is 5.40. The number of nitrogens with one attached hydrogen (secondary N) is 1. The number of hydrogen-bond donors (Lipinski definition) is 1. The van der Waals surface area contributed by atoms with Crippen LogP contribution in [0, 0.1) is 0 Å². The van der Waals surface area contributed by atoms with E-state index in [0.717, 1.165) is 38.1 Å². The maximum atomic E-state index is 12.5. The number of amides is 1. The third kappa shape index (κ3) is 3.89. The Hall–Kier alpha value is -1.50. The molecule has 2 saturated carbocycles. The number of tetrazole rings is 1. The minimum absolute atomic E-state index is 0.240. The highest BCUT2D eigenvalue weighted by Crippen LogP contribution is 2.37. The third-order valence-electron chi connectivity index (χ3n) is 6.82. The molecule has 7 heteroatoms. The number of rotatable bonds is 5. The average Bonchev–Trinajstić information content (AvgIpc) is 3.40. The van der Waals surface area contributed by atoms with Gasteiger partial charge in [-0.25, -0.2) is 4.68 Å². The zero-order chi connectivity index (χ0) is 18.7. The topological polar surface area (TPSA) is 75.9 Å². The van der Waals surface area contributed by atoms with E-state index in [1.54, 1.807) is 0 Å². The molecular formula is C20H34N6O. The summed E-state index contributed by atoms with van der Waals surface area (Å²) in [4.78, 5) is 14.5. The van der Waals surface area contributed by atoms with Crippen molar-refractivity contribution in [1.29, 1.82) is 0 Å². The molecular weight excluding hydrogens is 340 g/mol. The molecule has 1 amide bonds. The van der Waals surface area contributed by atoms with Gasteiger partial charge in [-0.3, -0.25) is 4.79 Å². The summed E-state index contributed by atoms with van der Waals surface area (Å²) in [6.07, 6.45) is 13.8. The molecule has 0 spiro atoms. The normalized spacial score (nSPS) is 28.0. The molecule has 3 aliphatic rings. The lowest BCUT2D eigenvalue weighted by Gasteiger charge is -2.45. The van der Waals surface area contributed by atoms with Crippen LogP contribution in [0.3, 0.4) is 0 Å². The number of piperidine rings is 1. The average molecular weight is 375 g/mol. The molecule has 150 valence electrons. The summed E-state index contributed by atoms with van der Waals surface area (Å²) in [7, 11) is 0. The van der Waals surface area contributed by atoms with Gasteiger partial charge >= 0.3 is 0 Å². The van der Waals surface area contributed by atoms with E-state index in [2.05, 4.69) is 25.5 Å². The number of carbonyl (C=O) groups excluding carboxylic acids is 1. The maximum absolute atomic E-state index is 12.5. The summed E-state index contributed by atoms with van der Waals surface area (Å²) in [6, 6.07) is 0.918. The Morgan fingerprint density at radius 2 is 1.85 bits per heavy atom. The van der Waals surface area contributed by atoms with Crippen LogP contribution in [-0.2, 0) is 10.3 Å². The zero-order valence-electron chi connectivity index (χ0n) is 16.7. The van der Waals surface area contributed by atoms with Crippen LogP contribution < -0.4 is 5.32 Å². The molecule has 27 heavy (non-hydrogen) atoms. The predicted molar refractivity (Wildman–Crippen MR) is 103 cm³/mol. The molecule has 1 aliphatic heterocycles. The first-order valence-corrected chi connectivity index (χ1v) is 11.1. The summed E-state index contributed by atoms with van der Waals surface area (Å²) in [5.41, 5.74) is -0.308. The van der Waals surface area contributed by atoms with Gasteiger partial charge in [0.2, 0.25) is 5.91 Å². The molecule has 2 heterocycles. The van der Waals surface area contributed by atoms with Crippen LogP contribution >= 0.6 is 0 Å². The summed E-state index contributed by atoms with van der Waals surface area (Å²) in [5.74, 6) is 1.21. The largest absolute Gasteiger partial charge is 0.340 e. The Kier molecular flexibility index (Phi) is 5.76. The second kappa shape index (κ2) is 8.25. The highest BCUT2D eigenvalue weighted by molar-refractivity contribution is 5.76. The molecule has 1 atom stereocenters. The van der Waals surface area contributed by atoms with Gasteiger partial charge < -0.3 is 10.2 Å². The summed E-state index contributed by atoms with van der Waals surface area (Å²) in [5, 5.41) is 17.0. The quantitative estimate of drug-likeness (QED) is 0.857. The fraction of sp³-hybridized carbons (Fsp3) is 0.900. The van der Waals surface area contributed by atoms with Crippen molar-refractivity contribution in [2.75, 3.05) is 13.1 Å². The first kappa shape index (κ1) is 18.8. The van der Waals surface area contributed by atoms with Gasteiger partial charge in [-0.2, -0.15) is 0 Å². The van der Waals surface area contributed by atoms with Gasteiger partial charge in [0, 0.05) is 25.6 Å². The SMILES string of the molecule is CCC(=O)N1CCC[C@@](NC2CCCCC2)(c2nnnn2C2CCCC2)C1. The van der Waals surface area contributed by atoms with Crippen molar-refractivity contribution in [2.45, 2.75) is 102 Å². The Morgan fingerprint density at radius 1 is 1.11 bits per heavy atom. The van der Waals surface area contributed by atoms with Crippen LogP contribution in [0.15, 0.2) is 0 Å². The van der Waals surface area contributed by atoms with Crippen molar-refractivity contribution in [3.8, 4) is 0 Å². The smallest absolute Gasteiger partial charge is 0.222 e. The maximum Gasteiger partial charge on any atom is 0.222 e. The van der Waals surface area contributed by atoms with Crippen LogP contribution in [-0.4, -0.2) is 50.1 Å². The molecule has 1 saturated heterocycles. The summed E-state index contributed by atoms with van der Waals surface area (Å²) >= 11 is 0. The molecule has 0 aromatic carbocycles. The predicted octanol–water partition coefficient (Wildman–Crippen LogP) is 2.94. The number of likely N-dealkylation sites (tertiary alicyclic amines) is 1. The van der Waals surface area contributed by atoms with Crippen molar-refractivity contribution in [3.05, 3.63) is 5.82 Å². The summed E-state index contributed by atoms with van der Waals surface area (Å²) in [6.45, 7) is 3.50. The number of aromatic nitrogens is 4. The number of carbonyl (C=O) groups is 1. The van der Waals surface area contributed by atoms with E-state index in [4.69, 9.17) is 0 Å². The van der Waals surface area contributed by atoms with Gasteiger partial charge in [-0.15, -0.1) is 5.10 Å². The lowest BCUT2D eigenvalue weighted by Crippen LogP contribution is -2.60. The molecule has 1 aromatic heterocycles. The van der Waals surface area contributed by atoms with Crippen LogP contribution in [0.2, 0.25) is 0 Å². The van der Waals surface area contributed by atoms with Crippen LogP contribution in [0.4, 0.5) is 0 Å². The number of nitrogens with zero attached hydrogens (tertiary/aromatic N) is 5. The molecule has 1 aromatic rings. The van der Waals surface area contributed by atoms with Crippen LogP contribution in [0.25, 0.3) is 0 Å². The van der Waals surface area contributed by atoms with E-state index in [0.29, 0.717) is 25.0 Å². The highest BCUT2D eigenvalue weighted by Gasteiger charge is 2.45. The van der Waals surface area contributed by atoms with E-state index in [1.807, 2.05) is 11.8 Å². The van der Waals surface area contributed by atoms with Crippen molar-refractivity contribution in [1.82, 2.24) is 30.4 Å². The molecule has 1 N–H and O–H groups in total. The molecule has 4 rings (SSSR count). The van der Waals surface area contributed by atoms with Crippen molar-refractivity contribution in [3.63, 3.8) is 0 Å². The highest BCUT2D eigenvalue weighted by atomic mass is 16.2. The molecule has 7 nitrogen and oxygen atoms in total.